The molecule has 2 aromatic rings. The van der Waals surface area contributed by atoms with Crippen LogP contribution in [0.2, 0.25) is 5.15 Å². The molecule has 1 aliphatic heterocycles. The van der Waals surface area contributed by atoms with Gasteiger partial charge in [0, 0.05) is 17.8 Å². The Morgan fingerprint density at radius 3 is 2.79 bits per heavy atom. The minimum absolute atomic E-state index is 0.547. The third-order valence-electron chi connectivity index (χ3n) is 3.54. The molecule has 4 heteroatoms. The van der Waals surface area contributed by atoms with E-state index in [1.165, 1.54) is 11.3 Å². The summed E-state index contributed by atoms with van der Waals surface area (Å²) in [5, 5.41) is 0.547. The summed E-state index contributed by atoms with van der Waals surface area (Å²) in [7, 11) is 0. The van der Waals surface area contributed by atoms with Crippen LogP contribution in [0.1, 0.15) is 23.4 Å². The zero-order valence-corrected chi connectivity index (χ0v) is 11.9. The lowest BCUT2D eigenvalue weighted by atomic mass is 10.0. The van der Waals surface area contributed by atoms with Crippen molar-refractivity contribution in [2.24, 2.45) is 0 Å². The second-order valence-corrected chi connectivity index (χ2v) is 5.25. The van der Waals surface area contributed by atoms with Gasteiger partial charge in [0.15, 0.2) is 0 Å². The quantitative estimate of drug-likeness (QED) is 0.740. The Balaban J connectivity index is 2.14. The first-order chi connectivity index (χ1) is 9.16. The molecule has 0 bridgehead atoms. The Bertz CT molecular complexity index is 625. The first-order valence-electron chi connectivity index (χ1n) is 6.53. The van der Waals surface area contributed by atoms with Crippen molar-refractivity contribution in [2.75, 3.05) is 11.4 Å². The molecular formula is C15H16ClN3. The number of benzene rings is 1. The lowest BCUT2D eigenvalue weighted by Gasteiger charge is -2.31. The predicted molar refractivity (Wildman–Crippen MR) is 78.3 cm³/mol. The van der Waals surface area contributed by atoms with Gasteiger partial charge < -0.3 is 4.90 Å². The van der Waals surface area contributed by atoms with Crippen molar-refractivity contribution < 1.29 is 0 Å². The van der Waals surface area contributed by atoms with E-state index in [1.54, 1.807) is 0 Å². The van der Waals surface area contributed by atoms with Crippen LogP contribution in [0, 0.1) is 13.8 Å². The van der Waals surface area contributed by atoms with Gasteiger partial charge in [0.2, 0.25) is 0 Å². The molecule has 0 radical (unpaired) electrons. The Hall–Kier alpha value is -1.61. The van der Waals surface area contributed by atoms with Crippen LogP contribution in [-0.2, 0) is 6.42 Å². The minimum atomic E-state index is 0.547. The summed E-state index contributed by atoms with van der Waals surface area (Å²) in [5.74, 6) is 1.65. The van der Waals surface area contributed by atoms with Gasteiger partial charge in [0.25, 0.3) is 0 Å². The minimum Gasteiger partial charge on any atom is -0.326 e. The molecule has 0 saturated carbocycles. The Morgan fingerprint density at radius 2 is 1.95 bits per heavy atom. The van der Waals surface area contributed by atoms with Crippen molar-refractivity contribution in [2.45, 2.75) is 26.7 Å². The van der Waals surface area contributed by atoms with E-state index in [1.807, 2.05) is 13.8 Å². The highest BCUT2D eigenvalue weighted by Crippen LogP contribution is 2.35. The fourth-order valence-corrected chi connectivity index (χ4v) is 2.80. The summed E-state index contributed by atoms with van der Waals surface area (Å²) in [5.41, 5.74) is 3.57. The molecule has 98 valence electrons. The van der Waals surface area contributed by atoms with Crippen LogP contribution in [-0.4, -0.2) is 16.5 Å². The summed E-state index contributed by atoms with van der Waals surface area (Å²) in [4.78, 5) is 11.1. The summed E-state index contributed by atoms with van der Waals surface area (Å²) in [6.07, 6.45) is 2.26. The molecule has 1 aromatic heterocycles. The van der Waals surface area contributed by atoms with E-state index in [9.17, 15) is 0 Å². The number of halogens is 1. The van der Waals surface area contributed by atoms with E-state index in [0.29, 0.717) is 11.0 Å². The van der Waals surface area contributed by atoms with Gasteiger partial charge in [-0.2, -0.15) is 0 Å². The molecule has 19 heavy (non-hydrogen) atoms. The maximum atomic E-state index is 6.19. The van der Waals surface area contributed by atoms with Crippen LogP contribution in [0.15, 0.2) is 24.3 Å². The highest BCUT2D eigenvalue weighted by Gasteiger charge is 2.21. The van der Waals surface area contributed by atoms with Gasteiger partial charge >= 0.3 is 0 Å². The Morgan fingerprint density at radius 1 is 1.16 bits per heavy atom. The SMILES string of the molecule is Cc1nc(Cl)c(C)c(N2CCCc3ccccc32)n1. The van der Waals surface area contributed by atoms with Gasteiger partial charge in [-0.25, -0.2) is 9.97 Å². The van der Waals surface area contributed by atoms with Crippen molar-refractivity contribution in [3.63, 3.8) is 0 Å². The molecule has 0 aliphatic carbocycles. The number of nitrogens with zero attached hydrogens (tertiary/aromatic N) is 3. The van der Waals surface area contributed by atoms with E-state index in [2.05, 4.69) is 39.1 Å². The highest BCUT2D eigenvalue weighted by atomic mass is 35.5. The maximum Gasteiger partial charge on any atom is 0.141 e. The lowest BCUT2D eigenvalue weighted by Crippen LogP contribution is -2.26. The van der Waals surface area contributed by atoms with Gasteiger partial charge in [-0.1, -0.05) is 29.8 Å². The van der Waals surface area contributed by atoms with Gasteiger partial charge in [0.05, 0.1) is 0 Å². The van der Waals surface area contributed by atoms with E-state index in [-0.39, 0.29) is 0 Å². The highest BCUT2D eigenvalue weighted by molar-refractivity contribution is 6.30. The first-order valence-corrected chi connectivity index (χ1v) is 6.91. The van der Waals surface area contributed by atoms with Gasteiger partial charge in [-0.05, 0) is 38.3 Å². The van der Waals surface area contributed by atoms with E-state index < -0.39 is 0 Å². The summed E-state index contributed by atoms with van der Waals surface area (Å²) in [6, 6.07) is 8.50. The van der Waals surface area contributed by atoms with Crippen LogP contribution in [0.5, 0.6) is 0 Å². The third kappa shape index (κ3) is 2.19. The maximum absolute atomic E-state index is 6.19. The number of anilines is 2. The van der Waals surface area contributed by atoms with Crippen molar-refractivity contribution in [3.8, 4) is 0 Å². The van der Waals surface area contributed by atoms with E-state index in [4.69, 9.17) is 11.6 Å². The predicted octanol–water partition coefficient (Wildman–Crippen LogP) is 3.83. The zero-order chi connectivity index (χ0) is 13.4. The molecule has 0 spiro atoms. The Labute approximate surface area is 118 Å². The fourth-order valence-electron chi connectivity index (χ4n) is 2.60. The molecule has 1 aliphatic rings. The number of para-hydroxylation sites is 1. The molecule has 0 saturated heterocycles. The van der Waals surface area contributed by atoms with Crippen molar-refractivity contribution in [1.82, 2.24) is 9.97 Å². The normalized spacial score (nSPS) is 14.4. The molecule has 1 aromatic carbocycles. The van der Waals surface area contributed by atoms with Crippen molar-refractivity contribution in [1.29, 1.82) is 0 Å². The van der Waals surface area contributed by atoms with E-state index in [0.717, 1.165) is 30.8 Å². The second kappa shape index (κ2) is 4.82. The summed E-state index contributed by atoms with van der Waals surface area (Å²) in [6.45, 7) is 4.84. The number of rotatable bonds is 1. The van der Waals surface area contributed by atoms with Gasteiger partial charge in [-0.15, -0.1) is 0 Å². The van der Waals surface area contributed by atoms with Crippen LogP contribution in [0.4, 0.5) is 11.5 Å². The van der Waals surface area contributed by atoms with Gasteiger partial charge in [0.1, 0.15) is 16.8 Å². The topological polar surface area (TPSA) is 29.0 Å². The van der Waals surface area contributed by atoms with Crippen molar-refractivity contribution >= 4 is 23.1 Å². The molecule has 3 rings (SSSR count). The lowest BCUT2D eigenvalue weighted by molar-refractivity contribution is 0.754. The monoisotopic (exact) mass is 273 g/mol. The molecule has 0 atom stereocenters. The molecular weight excluding hydrogens is 258 g/mol. The molecule has 0 N–H and O–H groups in total. The number of aryl methyl sites for hydroxylation is 2. The average Bonchev–Trinajstić information content (AvgIpc) is 2.42. The number of hydrogen-bond donors (Lipinski definition) is 0. The van der Waals surface area contributed by atoms with Gasteiger partial charge in [-0.3, -0.25) is 0 Å². The number of fused-ring (bicyclic) bond motifs is 1. The van der Waals surface area contributed by atoms with Crippen LogP contribution < -0.4 is 4.90 Å². The largest absolute Gasteiger partial charge is 0.326 e. The van der Waals surface area contributed by atoms with Crippen LogP contribution in [0.3, 0.4) is 0 Å². The molecule has 2 heterocycles. The smallest absolute Gasteiger partial charge is 0.141 e. The second-order valence-electron chi connectivity index (χ2n) is 4.89. The van der Waals surface area contributed by atoms with E-state index >= 15 is 0 Å². The fraction of sp³-hybridized carbons (Fsp3) is 0.333. The third-order valence-corrected chi connectivity index (χ3v) is 3.91. The van der Waals surface area contributed by atoms with Crippen LogP contribution in [0.25, 0.3) is 0 Å². The zero-order valence-electron chi connectivity index (χ0n) is 11.2. The molecule has 0 fully saturated rings. The molecule has 0 unspecified atom stereocenters. The van der Waals surface area contributed by atoms with Crippen molar-refractivity contribution in [3.05, 3.63) is 46.4 Å². The number of aromatic nitrogens is 2. The molecule has 3 nitrogen and oxygen atoms in total. The first kappa shape index (κ1) is 12.4. The Kier molecular flexibility index (Phi) is 3.15. The summed E-state index contributed by atoms with van der Waals surface area (Å²) >= 11 is 6.19. The summed E-state index contributed by atoms with van der Waals surface area (Å²) < 4.78 is 0. The molecule has 0 amide bonds. The van der Waals surface area contributed by atoms with Crippen LogP contribution >= 0.6 is 11.6 Å². The standard InChI is InChI=1S/C15H16ClN3/c1-10-14(16)17-11(2)18-15(10)19-9-5-7-12-6-3-4-8-13(12)19/h3-4,6,8H,5,7,9H2,1-2H3. The number of hydrogen-bond acceptors (Lipinski definition) is 3. The average molecular weight is 274 g/mol.